The van der Waals surface area contributed by atoms with Crippen LogP contribution >= 0.6 is 9.07 Å². The number of hydrogen-bond acceptors (Lipinski definition) is 1. The first kappa shape index (κ1) is 11.2. The van der Waals surface area contributed by atoms with Crippen LogP contribution in [0.15, 0.2) is 24.3 Å². The van der Waals surface area contributed by atoms with Crippen molar-refractivity contribution in [2.24, 2.45) is 0 Å². The third kappa shape index (κ3) is 3.75. The zero-order valence-corrected chi connectivity index (χ0v) is 10.1. The van der Waals surface area contributed by atoms with Gasteiger partial charge in [0.2, 0.25) is 0 Å². The van der Waals surface area contributed by atoms with Gasteiger partial charge in [0, 0.05) is 0 Å². The van der Waals surface area contributed by atoms with Crippen molar-refractivity contribution >= 4 is 32.0 Å². The van der Waals surface area contributed by atoms with Gasteiger partial charge in [-0.25, -0.2) is 0 Å². The quantitative estimate of drug-likeness (QED) is 0.534. The zero-order chi connectivity index (χ0) is 9.52. The fraction of sp³-hybridized carbons (Fsp3) is 0.400. The molecule has 1 aromatic rings. The fourth-order valence-corrected chi connectivity index (χ4v) is 2.32. The second-order valence-corrected chi connectivity index (χ2v) is 4.77. The Bertz CT molecular complexity index is 252. The molecule has 1 aromatic carbocycles. The van der Waals surface area contributed by atoms with Gasteiger partial charge in [0.05, 0.1) is 12.4 Å². The van der Waals surface area contributed by atoms with Gasteiger partial charge in [0.1, 0.15) is 0 Å². The van der Waals surface area contributed by atoms with Crippen LogP contribution in [0.25, 0.3) is 0 Å². The summed E-state index contributed by atoms with van der Waals surface area (Å²) in [7, 11) is 5.90. The minimum atomic E-state index is -0.625. The highest BCUT2D eigenvalue weighted by Gasteiger charge is 2.03. The van der Waals surface area contributed by atoms with Crippen LogP contribution in [0.4, 0.5) is 0 Å². The van der Waals surface area contributed by atoms with Crippen LogP contribution in [0.5, 0.6) is 5.75 Å². The Kier molecular flexibility index (Phi) is 5.59. The molecule has 0 saturated heterocycles. The van der Waals surface area contributed by atoms with E-state index in [1.54, 1.807) is 0 Å². The summed E-state index contributed by atoms with van der Waals surface area (Å²) < 4.78 is 6.83. The van der Waals surface area contributed by atoms with E-state index in [1.807, 2.05) is 18.2 Å². The third-order valence-electron chi connectivity index (χ3n) is 1.87. The van der Waals surface area contributed by atoms with Gasteiger partial charge in [-0.3, -0.25) is 0 Å². The van der Waals surface area contributed by atoms with Gasteiger partial charge in [-0.1, -0.05) is 31.5 Å². The SMILES string of the molecule is CCCCOc1cccc[c]1[Mg][Cl]. The fourth-order valence-electron chi connectivity index (χ4n) is 1.08. The molecule has 0 fully saturated rings. The first-order valence-electron chi connectivity index (χ1n) is 4.65. The highest BCUT2D eigenvalue weighted by atomic mass is 35.5. The summed E-state index contributed by atoms with van der Waals surface area (Å²) >= 11 is -0.625. The average Bonchev–Trinajstić information content (AvgIpc) is 2.19. The molecule has 0 radical (unpaired) electrons. The van der Waals surface area contributed by atoms with Crippen LogP contribution in [0.1, 0.15) is 19.8 Å². The number of unbranched alkanes of at least 4 members (excludes halogenated alkanes) is 1. The summed E-state index contributed by atoms with van der Waals surface area (Å²) in [6.45, 7) is 2.96. The number of benzene rings is 1. The predicted octanol–water partition coefficient (Wildman–Crippen LogP) is 2.35. The molecule has 0 amide bonds. The topological polar surface area (TPSA) is 9.23 Å². The van der Waals surface area contributed by atoms with Crippen LogP contribution < -0.4 is 8.43 Å². The van der Waals surface area contributed by atoms with Crippen molar-refractivity contribution in [3.05, 3.63) is 24.3 Å². The van der Waals surface area contributed by atoms with Crippen LogP contribution in [0.2, 0.25) is 0 Å². The molecule has 1 rings (SSSR count). The molecule has 0 aliphatic heterocycles. The van der Waals surface area contributed by atoms with E-state index in [0.29, 0.717) is 0 Å². The van der Waals surface area contributed by atoms with E-state index in [-0.39, 0.29) is 0 Å². The van der Waals surface area contributed by atoms with Crippen LogP contribution in [-0.2, 0) is 0 Å². The van der Waals surface area contributed by atoms with Crippen LogP contribution in [-0.4, -0.2) is 25.9 Å². The maximum atomic E-state index is 5.90. The molecule has 0 aromatic heterocycles. The van der Waals surface area contributed by atoms with E-state index in [9.17, 15) is 0 Å². The minimum Gasteiger partial charge on any atom is -0.496 e. The van der Waals surface area contributed by atoms with E-state index < -0.39 is 19.3 Å². The molecule has 0 N–H and O–H groups in total. The lowest BCUT2D eigenvalue weighted by Gasteiger charge is -2.09. The molecular weight excluding hydrogens is 196 g/mol. The standard InChI is InChI=1S/C10H13O.ClH.Mg/c1-2-3-9-11-10-7-5-4-6-8-10;;/h4-7H,2-3,9H2,1H3;1H;/q;;+1/p-1. The van der Waals surface area contributed by atoms with Gasteiger partial charge < -0.3 is 13.8 Å². The second kappa shape index (κ2) is 6.52. The molecular formula is C10H13ClMgO. The predicted molar refractivity (Wildman–Crippen MR) is 58.1 cm³/mol. The van der Waals surface area contributed by atoms with Gasteiger partial charge in [0.15, 0.2) is 0 Å². The Morgan fingerprint density at radius 1 is 1.38 bits per heavy atom. The van der Waals surface area contributed by atoms with Crippen molar-refractivity contribution in [2.75, 3.05) is 6.61 Å². The van der Waals surface area contributed by atoms with Gasteiger partial charge in [-0.15, -0.1) is 3.69 Å². The first-order valence-corrected chi connectivity index (χ1v) is 7.49. The molecule has 0 heterocycles. The minimum absolute atomic E-state index is 0.625. The molecule has 68 valence electrons. The van der Waals surface area contributed by atoms with E-state index in [2.05, 4.69) is 13.0 Å². The Hall–Kier alpha value is 0.0762. The lowest BCUT2D eigenvalue weighted by atomic mass is 10.3. The Balaban J connectivity index is 2.54. The molecule has 0 aliphatic rings. The van der Waals surface area contributed by atoms with Crippen LogP contribution in [0.3, 0.4) is 0 Å². The molecule has 3 heteroatoms. The largest absolute Gasteiger partial charge is 0.543 e. The Morgan fingerprint density at radius 2 is 2.15 bits per heavy atom. The number of halogens is 1. The van der Waals surface area contributed by atoms with Crippen molar-refractivity contribution in [2.45, 2.75) is 19.8 Å². The summed E-state index contributed by atoms with van der Waals surface area (Å²) in [5, 5.41) is 0. The Morgan fingerprint density at radius 3 is 2.85 bits per heavy atom. The van der Waals surface area contributed by atoms with E-state index in [0.717, 1.165) is 18.8 Å². The van der Waals surface area contributed by atoms with Gasteiger partial charge in [0.25, 0.3) is 0 Å². The summed E-state index contributed by atoms with van der Waals surface area (Å²) in [5.41, 5.74) is 0. The smallest absolute Gasteiger partial charge is 0.496 e. The molecule has 0 saturated carbocycles. The average molecular weight is 209 g/mol. The molecule has 0 spiro atoms. The van der Waals surface area contributed by atoms with E-state index >= 15 is 0 Å². The monoisotopic (exact) mass is 208 g/mol. The number of ether oxygens (including phenoxy) is 1. The summed E-state index contributed by atoms with van der Waals surface area (Å²) in [4.78, 5) is 0. The molecule has 0 aliphatic carbocycles. The third-order valence-corrected chi connectivity index (χ3v) is 3.61. The zero-order valence-electron chi connectivity index (χ0n) is 7.92. The van der Waals surface area contributed by atoms with Crippen molar-refractivity contribution < 1.29 is 4.74 Å². The van der Waals surface area contributed by atoms with Gasteiger partial charge in [-0.05, 0) is 12.5 Å². The van der Waals surface area contributed by atoms with Crippen molar-refractivity contribution in [1.82, 2.24) is 0 Å². The summed E-state index contributed by atoms with van der Waals surface area (Å²) in [5.74, 6) is 0.984. The number of hydrogen-bond donors (Lipinski definition) is 0. The Labute approximate surface area is 92.9 Å². The highest BCUT2D eigenvalue weighted by molar-refractivity contribution is 7.01. The normalized spacial score (nSPS) is 9.38. The summed E-state index contributed by atoms with van der Waals surface area (Å²) in [6.07, 6.45) is 2.28. The molecule has 0 unspecified atom stereocenters. The van der Waals surface area contributed by atoms with Crippen molar-refractivity contribution in [1.29, 1.82) is 0 Å². The lowest BCUT2D eigenvalue weighted by Crippen LogP contribution is -2.13. The maximum absolute atomic E-state index is 5.90. The molecule has 0 bridgehead atoms. The second-order valence-electron chi connectivity index (χ2n) is 2.94. The number of para-hydroxylation sites is 1. The lowest BCUT2D eigenvalue weighted by molar-refractivity contribution is 0.312. The number of rotatable bonds is 5. The highest BCUT2D eigenvalue weighted by Crippen LogP contribution is 2.07. The van der Waals surface area contributed by atoms with E-state index in [4.69, 9.17) is 13.8 Å². The molecule has 0 atom stereocenters. The van der Waals surface area contributed by atoms with Crippen molar-refractivity contribution in [3.63, 3.8) is 0 Å². The maximum Gasteiger partial charge on any atom is 0.543 e. The van der Waals surface area contributed by atoms with Gasteiger partial charge in [-0.2, -0.15) is 0 Å². The summed E-state index contributed by atoms with van der Waals surface area (Å²) in [6, 6.07) is 8.06. The molecule has 1 nitrogen and oxygen atoms in total. The van der Waals surface area contributed by atoms with E-state index in [1.165, 1.54) is 10.1 Å². The first-order chi connectivity index (χ1) is 6.38. The molecule has 13 heavy (non-hydrogen) atoms. The van der Waals surface area contributed by atoms with Crippen molar-refractivity contribution in [3.8, 4) is 5.75 Å². The van der Waals surface area contributed by atoms with Gasteiger partial charge >= 0.3 is 19.3 Å². The van der Waals surface area contributed by atoms with Crippen LogP contribution in [0, 0.1) is 0 Å².